The molecule has 1 atom stereocenters. The van der Waals surface area contributed by atoms with Gasteiger partial charge in [-0.05, 0) is 18.6 Å². The van der Waals surface area contributed by atoms with Gasteiger partial charge in [0.05, 0.1) is 24.2 Å². The van der Waals surface area contributed by atoms with Crippen LogP contribution < -0.4 is 0 Å². The van der Waals surface area contributed by atoms with Crippen molar-refractivity contribution < 1.29 is 14.5 Å². The lowest BCUT2D eigenvalue weighted by atomic mass is 10.1. The fraction of sp³-hybridized carbons (Fsp3) is 0.462. The van der Waals surface area contributed by atoms with Crippen LogP contribution in [-0.2, 0) is 4.74 Å². The van der Waals surface area contributed by atoms with Crippen molar-refractivity contribution in [1.82, 2.24) is 4.90 Å². The molecule has 0 saturated carbocycles. The monoisotopic (exact) mass is 298 g/mol. The Kier molecular flexibility index (Phi) is 4.57. The van der Waals surface area contributed by atoms with E-state index in [2.05, 4.69) is 0 Å². The van der Waals surface area contributed by atoms with Gasteiger partial charge in [0.2, 0.25) is 0 Å². The highest BCUT2D eigenvalue weighted by Crippen LogP contribution is 2.23. The van der Waals surface area contributed by atoms with Crippen molar-refractivity contribution in [1.29, 1.82) is 0 Å². The summed E-state index contributed by atoms with van der Waals surface area (Å²) in [5, 5.41) is 11.1. The molecule has 1 heterocycles. The maximum Gasteiger partial charge on any atom is 0.282 e. The van der Waals surface area contributed by atoms with E-state index < -0.39 is 4.92 Å². The van der Waals surface area contributed by atoms with Crippen LogP contribution in [-0.4, -0.2) is 47.4 Å². The number of morpholine rings is 1. The highest BCUT2D eigenvalue weighted by molar-refractivity contribution is 6.18. The summed E-state index contributed by atoms with van der Waals surface area (Å²) in [6.07, 6.45) is 0. The molecule has 7 heteroatoms. The summed E-state index contributed by atoms with van der Waals surface area (Å²) in [5.74, 6) is -0.125. The second-order valence-electron chi connectivity index (χ2n) is 4.66. The Hall–Kier alpha value is -1.66. The van der Waals surface area contributed by atoms with Gasteiger partial charge >= 0.3 is 0 Å². The second-order valence-corrected chi connectivity index (χ2v) is 4.97. The predicted molar refractivity (Wildman–Crippen MR) is 74.2 cm³/mol. The van der Waals surface area contributed by atoms with E-state index in [9.17, 15) is 14.9 Å². The number of ether oxygens (including phenoxy) is 1. The Balaban J connectivity index is 2.36. The van der Waals surface area contributed by atoms with Crippen LogP contribution in [0.4, 0.5) is 5.69 Å². The first-order valence-electron chi connectivity index (χ1n) is 6.24. The van der Waals surface area contributed by atoms with Crippen molar-refractivity contribution >= 4 is 23.2 Å². The summed E-state index contributed by atoms with van der Waals surface area (Å²) in [5.41, 5.74) is 0.724. The van der Waals surface area contributed by atoms with Crippen LogP contribution in [0.15, 0.2) is 18.2 Å². The highest BCUT2D eigenvalue weighted by atomic mass is 35.5. The van der Waals surface area contributed by atoms with E-state index in [4.69, 9.17) is 16.3 Å². The molecule has 2 rings (SSSR count). The van der Waals surface area contributed by atoms with Gasteiger partial charge in [-0.15, -0.1) is 11.6 Å². The van der Waals surface area contributed by atoms with Gasteiger partial charge in [0.1, 0.15) is 5.56 Å². The maximum absolute atomic E-state index is 12.6. The molecule has 0 bridgehead atoms. The summed E-state index contributed by atoms with van der Waals surface area (Å²) in [4.78, 5) is 24.6. The average molecular weight is 299 g/mol. The van der Waals surface area contributed by atoms with Gasteiger partial charge in [0, 0.05) is 18.5 Å². The standard InChI is InChI=1S/C13H15ClN2O4/c1-9-2-3-12(16(18)19)11(6-9)13(17)15-4-5-20-8-10(15)7-14/h2-3,6,10H,4-5,7-8H2,1H3. The van der Waals surface area contributed by atoms with Gasteiger partial charge < -0.3 is 9.64 Å². The van der Waals surface area contributed by atoms with Gasteiger partial charge in [0.15, 0.2) is 0 Å². The van der Waals surface area contributed by atoms with Crippen LogP contribution in [0.5, 0.6) is 0 Å². The van der Waals surface area contributed by atoms with Crippen LogP contribution >= 0.6 is 11.6 Å². The van der Waals surface area contributed by atoms with Gasteiger partial charge in [-0.1, -0.05) is 6.07 Å². The van der Waals surface area contributed by atoms with Crippen LogP contribution in [0.3, 0.4) is 0 Å². The Labute approximate surface area is 121 Å². The van der Waals surface area contributed by atoms with Gasteiger partial charge in [-0.2, -0.15) is 0 Å². The molecule has 1 amide bonds. The minimum atomic E-state index is -0.539. The Morgan fingerprint density at radius 2 is 2.35 bits per heavy atom. The van der Waals surface area contributed by atoms with E-state index in [-0.39, 0.29) is 29.1 Å². The van der Waals surface area contributed by atoms with Crippen molar-refractivity contribution in [3.8, 4) is 0 Å². The number of alkyl halides is 1. The Morgan fingerprint density at radius 1 is 1.60 bits per heavy atom. The number of nitrogens with zero attached hydrogens (tertiary/aromatic N) is 2. The molecule has 0 spiro atoms. The Bertz CT molecular complexity index is 535. The minimum Gasteiger partial charge on any atom is -0.377 e. The number of hydrogen-bond donors (Lipinski definition) is 0. The largest absolute Gasteiger partial charge is 0.377 e. The zero-order chi connectivity index (χ0) is 14.7. The number of nitro benzene ring substituents is 1. The van der Waals surface area contributed by atoms with Crippen LogP contribution in [0, 0.1) is 17.0 Å². The normalized spacial score (nSPS) is 18.9. The zero-order valence-electron chi connectivity index (χ0n) is 11.0. The molecule has 0 N–H and O–H groups in total. The highest BCUT2D eigenvalue weighted by Gasteiger charge is 2.31. The lowest BCUT2D eigenvalue weighted by Crippen LogP contribution is -2.49. The molecule has 1 saturated heterocycles. The number of carbonyl (C=O) groups is 1. The number of carbonyl (C=O) groups excluding carboxylic acids is 1. The minimum absolute atomic E-state index is 0.104. The van der Waals surface area contributed by atoms with E-state index in [1.807, 2.05) is 0 Å². The third-order valence-corrected chi connectivity index (χ3v) is 3.60. The second kappa shape index (κ2) is 6.19. The predicted octanol–water partition coefficient (Wildman–Crippen LogP) is 1.98. The summed E-state index contributed by atoms with van der Waals surface area (Å²) < 4.78 is 5.28. The number of rotatable bonds is 3. The molecule has 6 nitrogen and oxygen atoms in total. The van der Waals surface area contributed by atoms with Crippen molar-refractivity contribution in [2.24, 2.45) is 0 Å². The number of amides is 1. The van der Waals surface area contributed by atoms with E-state index in [1.165, 1.54) is 6.07 Å². The number of nitro groups is 1. The molecule has 108 valence electrons. The molecular formula is C13H15ClN2O4. The van der Waals surface area contributed by atoms with Crippen molar-refractivity contribution in [3.05, 3.63) is 39.4 Å². The molecule has 1 aromatic rings. The van der Waals surface area contributed by atoms with Crippen molar-refractivity contribution in [3.63, 3.8) is 0 Å². The summed E-state index contributed by atoms with van der Waals surface area (Å²) >= 11 is 5.83. The number of aryl methyl sites for hydroxylation is 1. The average Bonchev–Trinajstić information content (AvgIpc) is 2.46. The third kappa shape index (κ3) is 2.91. The lowest BCUT2D eigenvalue weighted by Gasteiger charge is -2.34. The molecule has 0 radical (unpaired) electrons. The summed E-state index contributed by atoms with van der Waals surface area (Å²) in [6, 6.07) is 4.27. The maximum atomic E-state index is 12.6. The molecule has 0 aliphatic carbocycles. The van der Waals surface area contributed by atoms with E-state index >= 15 is 0 Å². The molecule has 20 heavy (non-hydrogen) atoms. The van der Waals surface area contributed by atoms with Crippen LogP contribution in [0.1, 0.15) is 15.9 Å². The number of benzene rings is 1. The fourth-order valence-corrected chi connectivity index (χ4v) is 2.44. The molecule has 1 aliphatic heterocycles. The SMILES string of the molecule is Cc1ccc([N+](=O)[O-])c(C(=O)N2CCOCC2CCl)c1. The molecule has 0 aromatic heterocycles. The summed E-state index contributed by atoms with van der Waals surface area (Å²) in [7, 11) is 0. The van der Waals surface area contributed by atoms with Crippen molar-refractivity contribution in [2.45, 2.75) is 13.0 Å². The molecule has 1 aromatic carbocycles. The van der Waals surface area contributed by atoms with Crippen LogP contribution in [0.2, 0.25) is 0 Å². The summed E-state index contributed by atoms with van der Waals surface area (Å²) in [6.45, 7) is 2.95. The first kappa shape index (κ1) is 14.7. The van der Waals surface area contributed by atoms with Crippen molar-refractivity contribution in [2.75, 3.05) is 25.6 Å². The van der Waals surface area contributed by atoms with Crippen LogP contribution in [0.25, 0.3) is 0 Å². The lowest BCUT2D eigenvalue weighted by molar-refractivity contribution is -0.385. The third-order valence-electron chi connectivity index (χ3n) is 3.25. The molecule has 1 aliphatic rings. The number of hydrogen-bond acceptors (Lipinski definition) is 4. The fourth-order valence-electron chi connectivity index (χ4n) is 2.19. The smallest absolute Gasteiger partial charge is 0.282 e. The number of halogens is 1. The molecule has 1 unspecified atom stereocenters. The molecule has 1 fully saturated rings. The first-order chi connectivity index (χ1) is 9.54. The van der Waals surface area contributed by atoms with E-state index in [0.29, 0.717) is 19.8 Å². The Morgan fingerprint density at radius 3 is 3.00 bits per heavy atom. The van der Waals surface area contributed by atoms with E-state index in [1.54, 1.807) is 24.0 Å². The van der Waals surface area contributed by atoms with Gasteiger partial charge in [-0.25, -0.2) is 0 Å². The first-order valence-corrected chi connectivity index (χ1v) is 6.77. The zero-order valence-corrected chi connectivity index (χ0v) is 11.8. The quantitative estimate of drug-likeness (QED) is 0.486. The van der Waals surface area contributed by atoms with Gasteiger partial charge in [0.25, 0.3) is 11.6 Å². The van der Waals surface area contributed by atoms with Gasteiger partial charge in [-0.3, -0.25) is 14.9 Å². The topological polar surface area (TPSA) is 72.7 Å². The molecular weight excluding hydrogens is 284 g/mol. The van der Waals surface area contributed by atoms with E-state index in [0.717, 1.165) is 5.56 Å².